The van der Waals surface area contributed by atoms with E-state index in [-0.39, 0.29) is 0 Å². The van der Waals surface area contributed by atoms with Gasteiger partial charge in [-0.15, -0.1) is 0 Å². The summed E-state index contributed by atoms with van der Waals surface area (Å²) in [5.74, 6) is -0.399. The van der Waals surface area contributed by atoms with E-state index < -0.39 is 5.91 Å². The molecule has 0 aromatic rings. The smallest absolute Gasteiger partial charge is 0.241 e. The van der Waals surface area contributed by atoms with Gasteiger partial charge in [-0.05, 0) is 4.08 Å². The zero-order valence-electron chi connectivity index (χ0n) is 3.02. The van der Waals surface area contributed by atoms with E-state index in [0.717, 1.165) is 0 Å². The van der Waals surface area contributed by atoms with Gasteiger partial charge in [-0.25, -0.2) is 0 Å². The summed E-state index contributed by atoms with van der Waals surface area (Å²) in [6, 6.07) is 0. The molecule has 0 aliphatic rings. The van der Waals surface area contributed by atoms with E-state index in [0.29, 0.717) is 0 Å². The summed E-state index contributed by atoms with van der Waals surface area (Å²) in [4.78, 5) is 9.73. The Morgan fingerprint density at radius 2 is 2.33 bits per heavy atom. The number of amides is 1. The van der Waals surface area contributed by atoms with E-state index in [1.807, 2.05) is 22.6 Å². The Morgan fingerprint density at radius 1 is 1.83 bits per heavy atom. The van der Waals surface area contributed by atoms with Crippen molar-refractivity contribution in [2.24, 2.45) is 5.73 Å². The van der Waals surface area contributed by atoms with Crippen LogP contribution >= 0.6 is 22.6 Å². The van der Waals surface area contributed by atoms with Gasteiger partial charge in [0.2, 0.25) is 5.91 Å². The van der Waals surface area contributed by atoms with Crippen molar-refractivity contribution in [1.29, 1.82) is 0 Å². The van der Waals surface area contributed by atoms with Gasteiger partial charge < -0.3 is 5.73 Å². The van der Waals surface area contributed by atoms with Crippen LogP contribution in [0.5, 0.6) is 0 Å². The van der Waals surface area contributed by atoms with Crippen LogP contribution in [0.3, 0.4) is 0 Å². The Morgan fingerprint density at radius 3 is 2.33 bits per heavy atom. The molecule has 0 saturated carbocycles. The van der Waals surface area contributed by atoms with Crippen molar-refractivity contribution < 1.29 is 4.79 Å². The summed E-state index contributed by atoms with van der Waals surface area (Å²) < 4.78 is 1.57. The van der Waals surface area contributed by atoms with Gasteiger partial charge in [0.25, 0.3) is 0 Å². The summed E-state index contributed by atoms with van der Waals surface area (Å²) in [5, 5.41) is 0. The van der Waals surface area contributed by atoms with Crippen molar-refractivity contribution in [2.75, 3.05) is 0 Å². The van der Waals surface area contributed by atoms with Crippen LogP contribution in [0, 0.1) is 0 Å². The third-order valence-corrected chi connectivity index (χ3v) is 0.587. The number of halogens is 1. The number of primary amides is 1. The average molecular weight is 197 g/mol. The van der Waals surface area contributed by atoms with Crippen molar-refractivity contribution in [3.8, 4) is 0 Å². The van der Waals surface area contributed by atoms with Crippen LogP contribution < -0.4 is 5.73 Å². The van der Waals surface area contributed by atoms with Crippen LogP contribution in [-0.4, -0.2) is 5.91 Å². The van der Waals surface area contributed by atoms with E-state index in [4.69, 9.17) is 0 Å². The molecule has 0 fully saturated rings. The standard InChI is InChI=1S/C3H4INO/c4-2-1-3(5)6/h1-2H,(H2,5,6). The SMILES string of the molecule is NC(=O)C=CI. The number of carbonyl (C=O) groups excluding carboxylic acids is 1. The van der Waals surface area contributed by atoms with Gasteiger partial charge in [0.05, 0.1) is 0 Å². The van der Waals surface area contributed by atoms with Crippen LogP contribution in [0.25, 0.3) is 0 Å². The van der Waals surface area contributed by atoms with Crippen LogP contribution in [0.2, 0.25) is 0 Å². The molecule has 0 aromatic heterocycles. The lowest BCUT2D eigenvalue weighted by molar-refractivity contribution is -0.113. The van der Waals surface area contributed by atoms with Crippen LogP contribution in [0.1, 0.15) is 0 Å². The first-order valence-electron chi connectivity index (χ1n) is 1.33. The summed E-state index contributed by atoms with van der Waals surface area (Å²) in [6.45, 7) is 0. The summed E-state index contributed by atoms with van der Waals surface area (Å²) >= 11 is 1.92. The second-order valence-corrected chi connectivity index (χ2v) is 1.41. The Kier molecular flexibility index (Phi) is 3.11. The van der Waals surface area contributed by atoms with Crippen molar-refractivity contribution in [3.05, 3.63) is 10.2 Å². The van der Waals surface area contributed by atoms with Crippen LogP contribution in [0.15, 0.2) is 10.2 Å². The lowest BCUT2D eigenvalue weighted by atomic mass is 10.6. The highest BCUT2D eigenvalue weighted by Crippen LogP contribution is 1.79. The minimum absolute atomic E-state index is 0.399. The molecule has 0 aliphatic carbocycles. The summed E-state index contributed by atoms with van der Waals surface area (Å²) in [5.41, 5.74) is 4.67. The number of hydrogen-bond acceptors (Lipinski definition) is 1. The molecule has 2 nitrogen and oxygen atoms in total. The first-order chi connectivity index (χ1) is 2.77. The lowest BCUT2D eigenvalue weighted by Crippen LogP contribution is -2.04. The minimum atomic E-state index is -0.399. The quantitative estimate of drug-likeness (QED) is 0.480. The van der Waals surface area contributed by atoms with E-state index in [2.05, 4.69) is 5.73 Å². The highest BCUT2D eigenvalue weighted by Gasteiger charge is 1.74. The predicted molar refractivity (Wildman–Crippen MR) is 32.4 cm³/mol. The molecule has 0 aliphatic heterocycles. The van der Waals surface area contributed by atoms with Gasteiger partial charge in [0.15, 0.2) is 0 Å². The number of carbonyl (C=O) groups is 1. The van der Waals surface area contributed by atoms with Crippen molar-refractivity contribution in [2.45, 2.75) is 0 Å². The van der Waals surface area contributed by atoms with Crippen LogP contribution in [0.4, 0.5) is 0 Å². The third kappa shape index (κ3) is 3.94. The fraction of sp³-hybridized carbons (Fsp3) is 0. The molecule has 0 saturated heterocycles. The number of hydrogen-bond donors (Lipinski definition) is 1. The Hall–Kier alpha value is -0.0600. The van der Waals surface area contributed by atoms with E-state index in [1.165, 1.54) is 6.08 Å². The molecule has 0 unspecified atom stereocenters. The Bertz CT molecular complexity index is 78.9. The molecular weight excluding hydrogens is 193 g/mol. The highest BCUT2D eigenvalue weighted by atomic mass is 127. The largest absolute Gasteiger partial charge is 0.366 e. The Balaban J connectivity index is 3.30. The number of rotatable bonds is 1. The fourth-order valence-electron chi connectivity index (χ4n) is 0.0621. The fourth-order valence-corrected chi connectivity index (χ4v) is 0.416. The maximum Gasteiger partial charge on any atom is 0.241 e. The maximum absolute atomic E-state index is 9.73. The van der Waals surface area contributed by atoms with E-state index >= 15 is 0 Å². The van der Waals surface area contributed by atoms with Gasteiger partial charge in [-0.2, -0.15) is 0 Å². The second-order valence-electron chi connectivity index (χ2n) is 0.695. The van der Waals surface area contributed by atoms with Crippen molar-refractivity contribution in [1.82, 2.24) is 0 Å². The number of nitrogens with two attached hydrogens (primary N) is 1. The molecule has 0 rings (SSSR count). The van der Waals surface area contributed by atoms with Crippen LogP contribution in [-0.2, 0) is 4.79 Å². The van der Waals surface area contributed by atoms with Gasteiger partial charge in [0, 0.05) is 6.08 Å². The first kappa shape index (κ1) is 5.94. The second kappa shape index (κ2) is 3.14. The summed E-state index contributed by atoms with van der Waals surface area (Å²) in [6.07, 6.45) is 1.29. The normalized spacial score (nSPS) is 9.50. The molecule has 0 aromatic carbocycles. The average Bonchev–Trinajstić information content (AvgIpc) is 1.35. The zero-order valence-corrected chi connectivity index (χ0v) is 5.18. The molecule has 3 heteroatoms. The molecule has 0 atom stereocenters. The topological polar surface area (TPSA) is 43.1 Å². The van der Waals surface area contributed by atoms with E-state index in [9.17, 15) is 4.79 Å². The van der Waals surface area contributed by atoms with Gasteiger partial charge in [-0.1, -0.05) is 22.6 Å². The molecule has 0 heterocycles. The maximum atomic E-state index is 9.73. The lowest BCUT2D eigenvalue weighted by Gasteiger charge is -1.69. The van der Waals surface area contributed by atoms with Crippen molar-refractivity contribution >= 4 is 28.5 Å². The molecule has 0 bridgehead atoms. The van der Waals surface area contributed by atoms with Gasteiger partial charge in [-0.3, -0.25) is 4.79 Å². The Labute approximate surface area is 49.5 Å². The first-order valence-corrected chi connectivity index (χ1v) is 2.58. The monoisotopic (exact) mass is 197 g/mol. The molecule has 34 valence electrons. The molecule has 0 radical (unpaired) electrons. The zero-order chi connectivity index (χ0) is 4.99. The molecule has 1 amide bonds. The molecule has 6 heavy (non-hydrogen) atoms. The van der Waals surface area contributed by atoms with Crippen molar-refractivity contribution in [3.63, 3.8) is 0 Å². The minimum Gasteiger partial charge on any atom is -0.366 e. The molecule has 2 N–H and O–H groups in total. The third-order valence-electron chi connectivity index (χ3n) is 0.227. The summed E-state index contributed by atoms with van der Waals surface area (Å²) in [7, 11) is 0. The van der Waals surface area contributed by atoms with Gasteiger partial charge >= 0.3 is 0 Å². The van der Waals surface area contributed by atoms with E-state index in [1.54, 1.807) is 4.08 Å². The predicted octanol–water partition coefficient (Wildman–Crippen LogP) is 0.420. The van der Waals surface area contributed by atoms with Gasteiger partial charge in [0.1, 0.15) is 0 Å². The highest BCUT2D eigenvalue weighted by molar-refractivity contribution is 14.1. The molecular formula is C3H4INO. The molecule has 0 spiro atoms.